The number of hydrogen-bond acceptors (Lipinski definition) is 4. The third-order valence-corrected chi connectivity index (χ3v) is 7.59. The van der Waals surface area contributed by atoms with Crippen LogP contribution in [0.2, 0.25) is 0 Å². The highest BCUT2D eigenvalue weighted by Crippen LogP contribution is 2.27. The summed E-state index contributed by atoms with van der Waals surface area (Å²) in [5.74, 6) is 0.385. The van der Waals surface area contributed by atoms with Gasteiger partial charge >= 0.3 is 0 Å². The van der Waals surface area contributed by atoms with E-state index in [2.05, 4.69) is 5.32 Å². The van der Waals surface area contributed by atoms with Gasteiger partial charge in [0.25, 0.3) is 0 Å². The lowest BCUT2D eigenvalue weighted by molar-refractivity contribution is -0.138. The molecular formula is C20H32ClN3O3S. The molecule has 2 aliphatic rings. The molecule has 6 nitrogen and oxygen atoms in total. The minimum absolute atomic E-state index is 0. The van der Waals surface area contributed by atoms with Gasteiger partial charge in [0.05, 0.1) is 10.8 Å². The van der Waals surface area contributed by atoms with Crippen molar-refractivity contribution in [3.05, 3.63) is 29.8 Å². The number of sulfonamides is 1. The number of carbonyl (C=O) groups is 1. The molecule has 1 aromatic rings. The van der Waals surface area contributed by atoms with E-state index in [1.54, 1.807) is 12.1 Å². The molecule has 2 atom stereocenters. The molecule has 158 valence electrons. The van der Waals surface area contributed by atoms with E-state index >= 15 is 0 Å². The summed E-state index contributed by atoms with van der Waals surface area (Å²) in [6.07, 6.45) is 3.67. The molecule has 0 radical (unpaired) electrons. The summed E-state index contributed by atoms with van der Waals surface area (Å²) in [6, 6.07) is 6.94. The number of aryl methyl sites for hydroxylation is 1. The molecule has 1 aromatic carbocycles. The largest absolute Gasteiger partial charge is 0.342 e. The Bertz CT molecular complexity index is 752. The fourth-order valence-corrected chi connectivity index (χ4v) is 5.72. The van der Waals surface area contributed by atoms with E-state index in [1.807, 2.05) is 31.0 Å². The number of amides is 1. The summed E-state index contributed by atoms with van der Waals surface area (Å²) in [6.45, 7) is 5.21. The molecule has 8 heteroatoms. The summed E-state index contributed by atoms with van der Waals surface area (Å²) >= 11 is 0. The Kier molecular flexibility index (Phi) is 8.30. The third-order valence-electron chi connectivity index (χ3n) is 5.72. The molecule has 2 saturated heterocycles. The number of carbonyl (C=O) groups excluding carboxylic acids is 1. The van der Waals surface area contributed by atoms with Gasteiger partial charge in [0, 0.05) is 26.2 Å². The van der Waals surface area contributed by atoms with Gasteiger partial charge in [-0.2, -0.15) is 4.31 Å². The summed E-state index contributed by atoms with van der Waals surface area (Å²) in [7, 11) is -1.60. The first-order chi connectivity index (χ1) is 12.9. The molecule has 1 N–H and O–H groups in total. The van der Waals surface area contributed by atoms with Gasteiger partial charge in [-0.1, -0.05) is 17.7 Å². The fourth-order valence-electron chi connectivity index (χ4n) is 4.20. The quantitative estimate of drug-likeness (QED) is 0.779. The van der Waals surface area contributed by atoms with Crippen LogP contribution in [-0.2, 0) is 14.8 Å². The van der Waals surface area contributed by atoms with Crippen LogP contribution in [-0.4, -0.2) is 63.3 Å². The first kappa shape index (κ1) is 23.1. The van der Waals surface area contributed by atoms with E-state index in [0.29, 0.717) is 23.9 Å². The number of likely N-dealkylation sites (tertiary alicyclic amines) is 1. The van der Waals surface area contributed by atoms with E-state index in [1.165, 1.54) is 4.31 Å². The first-order valence-electron chi connectivity index (χ1n) is 9.92. The zero-order chi connectivity index (χ0) is 19.4. The van der Waals surface area contributed by atoms with Crippen molar-refractivity contribution < 1.29 is 13.2 Å². The molecule has 0 bridgehead atoms. The Morgan fingerprint density at radius 3 is 2.46 bits per heavy atom. The van der Waals surface area contributed by atoms with Gasteiger partial charge < -0.3 is 10.2 Å². The SMILES string of the molecule is CNCC1CCCN(C(=O)C2CCCN(S(=O)(=O)c3ccc(C)cc3)C2)C1.Cl. The van der Waals surface area contributed by atoms with Crippen LogP contribution in [0.5, 0.6) is 0 Å². The van der Waals surface area contributed by atoms with Gasteiger partial charge in [-0.25, -0.2) is 8.42 Å². The molecule has 28 heavy (non-hydrogen) atoms. The molecular weight excluding hydrogens is 398 g/mol. The Morgan fingerprint density at radius 2 is 1.79 bits per heavy atom. The molecule has 0 aliphatic carbocycles. The van der Waals surface area contributed by atoms with Crippen molar-refractivity contribution in [2.75, 3.05) is 39.8 Å². The van der Waals surface area contributed by atoms with E-state index < -0.39 is 10.0 Å². The maximum atomic E-state index is 13.0. The van der Waals surface area contributed by atoms with Crippen molar-refractivity contribution in [2.45, 2.75) is 37.5 Å². The number of nitrogens with one attached hydrogen (secondary N) is 1. The van der Waals surface area contributed by atoms with E-state index in [9.17, 15) is 13.2 Å². The standard InChI is InChI=1S/C20H31N3O3S.ClH/c1-16-7-9-19(10-8-16)27(25,26)23-12-4-6-18(15-23)20(24)22-11-3-5-17(14-22)13-21-2;/h7-10,17-18,21H,3-6,11-15H2,1-2H3;1H. The lowest BCUT2D eigenvalue weighted by atomic mass is 9.93. The molecule has 0 spiro atoms. The van der Waals surface area contributed by atoms with Gasteiger partial charge in [0.2, 0.25) is 15.9 Å². The molecule has 2 heterocycles. The van der Waals surface area contributed by atoms with Crippen LogP contribution in [0.1, 0.15) is 31.2 Å². The lowest BCUT2D eigenvalue weighted by Gasteiger charge is -2.38. The zero-order valence-corrected chi connectivity index (χ0v) is 18.4. The lowest BCUT2D eigenvalue weighted by Crippen LogP contribution is -2.49. The second-order valence-electron chi connectivity index (χ2n) is 7.87. The van der Waals surface area contributed by atoms with Crippen molar-refractivity contribution in [1.82, 2.24) is 14.5 Å². The average molecular weight is 430 g/mol. The van der Waals surface area contributed by atoms with Crippen molar-refractivity contribution in [1.29, 1.82) is 0 Å². The minimum atomic E-state index is -3.54. The van der Waals surface area contributed by atoms with E-state index in [0.717, 1.165) is 50.9 Å². The van der Waals surface area contributed by atoms with Crippen molar-refractivity contribution in [3.8, 4) is 0 Å². The molecule has 2 unspecified atom stereocenters. The zero-order valence-electron chi connectivity index (χ0n) is 16.8. The van der Waals surface area contributed by atoms with Crippen LogP contribution in [0.25, 0.3) is 0 Å². The Balaban J connectivity index is 0.00000280. The predicted molar refractivity (Wildman–Crippen MR) is 113 cm³/mol. The van der Waals surface area contributed by atoms with Gasteiger partial charge in [-0.15, -0.1) is 12.4 Å². The van der Waals surface area contributed by atoms with Gasteiger partial charge in [0.1, 0.15) is 0 Å². The number of rotatable bonds is 5. The monoisotopic (exact) mass is 429 g/mol. The molecule has 2 fully saturated rings. The van der Waals surface area contributed by atoms with Gasteiger partial charge in [-0.05, 0) is 64.3 Å². The summed E-state index contributed by atoms with van der Waals surface area (Å²) in [5, 5.41) is 3.20. The summed E-state index contributed by atoms with van der Waals surface area (Å²) in [4.78, 5) is 15.3. The maximum absolute atomic E-state index is 13.0. The first-order valence-corrected chi connectivity index (χ1v) is 11.4. The number of piperidine rings is 2. The van der Waals surface area contributed by atoms with Crippen LogP contribution >= 0.6 is 12.4 Å². The van der Waals surface area contributed by atoms with Crippen molar-refractivity contribution in [2.24, 2.45) is 11.8 Å². The number of nitrogens with zero attached hydrogens (tertiary/aromatic N) is 2. The van der Waals surface area contributed by atoms with Crippen LogP contribution in [0.15, 0.2) is 29.2 Å². The van der Waals surface area contributed by atoms with Gasteiger partial charge in [0.15, 0.2) is 0 Å². The molecule has 3 rings (SSSR count). The minimum Gasteiger partial charge on any atom is -0.342 e. The Labute approximate surface area is 175 Å². The summed E-state index contributed by atoms with van der Waals surface area (Å²) < 4.78 is 27.4. The second kappa shape index (κ2) is 10.1. The number of halogens is 1. The highest BCUT2D eigenvalue weighted by Gasteiger charge is 2.36. The van der Waals surface area contributed by atoms with E-state index in [-0.39, 0.29) is 24.2 Å². The second-order valence-corrected chi connectivity index (χ2v) is 9.80. The van der Waals surface area contributed by atoms with Crippen LogP contribution in [0.4, 0.5) is 0 Å². The normalized spacial score (nSPS) is 23.9. The smallest absolute Gasteiger partial charge is 0.243 e. The van der Waals surface area contributed by atoms with Crippen LogP contribution in [0, 0.1) is 18.8 Å². The highest BCUT2D eigenvalue weighted by atomic mass is 35.5. The number of hydrogen-bond donors (Lipinski definition) is 1. The fraction of sp³-hybridized carbons (Fsp3) is 0.650. The van der Waals surface area contributed by atoms with Crippen molar-refractivity contribution in [3.63, 3.8) is 0 Å². The molecule has 0 aromatic heterocycles. The third kappa shape index (κ3) is 5.26. The summed E-state index contributed by atoms with van der Waals surface area (Å²) in [5.41, 5.74) is 1.03. The van der Waals surface area contributed by atoms with Crippen LogP contribution < -0.4 is 5.32 Å². The topological polar surface area (TPSA) is 69.7 Å². The van der Waals surface area contributed by atoms with Crippen LogP contribution in [0.3, 0.4) is 0 Å². The highest BCUT2D eigenvalue weighted by molar-refractivity contribution is 7.89. The maximum Gasteiger partial charge on any atom is 0.243 e. The molecule has 2 aliphatic heterocycles. The number of benzene rings is 1. The molecule has 1 amide bonds. The Hall–Kier alpha value is -1.15. The van der Waals surface area contributed by atoms with Crippen molar-refractivity contribution >= 4 is 28.3 Å². The van der Waals surface area contributed by atoms with E-state index in [4.69, 9.17) is 0 Å². The average Bonchev–Trinajstić information content (AvgIpc) is 2.68. The van der Waals surface area contributed by atoms with Gasteiger partial charge in [-0.3, -0.25) is 4.79 Å². The predicted octanol–water partition coefficient (Wildman–Crippen LogP) is 2.28. The Morgan fingerprint density at radius 1 is 1.11 bits per heavy atom. The molecule has 0 saturated carbocycles.